The summed E-state index contributed by atoms with van der Waals surface area (Å²) in [4.78, 5) is 8.08. The molecule has 3 heterocycles. The lowest BCUT2D eigenvalue weighted by molar-refractivity contribution is 0.0659. The van der Waals surface area contributed by atoms with E-state index in [1.54, 1.807) is 10.9 Å². The van der Waals surface area contributed by atoms with E-state index in [1.807, 2.05) is 20.8 Å². The minimum Gasteiger partial charge on any atom is -0.475 e. The van der Waals surface area contributed by atoms with Gasteiger partial charge in [-0.2, -0.15) is 0 Å². The number of nitrogen functional groups attached to an aromatic ring is 1. The van der Waals surface area contributed by atoms with E-state index in [9.17, 15) is 0 Å². The second-order valence-corrected chi connectivity index (χ2v) is 6.79. The van der Waals surface area contributed by atoms with Crippen LogP contribution in [0.4, 0.5) is 11.5 Å². The summed E-state index contributed by atoms with van der Waals surface area (Å²) in [6.45, 7) is 8.45. The predicted molar refractivity (Wildman–Crippen MR) is 112 cm³/mol. The van der Waals surface area contributed by atoms with Crippen molar-refractivity contribution >= 4 is 34.7 Å². The molecular weight excluding hydrogens is 403 g/mol. The molecule has 0 atom stereocenters. The average molecular weight is 431 g/mol. The van der Waals surface area contributed by atoms with Crippen molar-refractivity contribution in [3.8, 4) is 5.88 Å². The first kappa shape index (κ1) is 22.5. The summed E-state index contributed by atoms with van der Waals surface area (Å²) in [5, 5.41) is 8.29. The van der Waals surface area contributed by atoms with Crippen LogP contribution in [0.2, 0.25) is 10.4 Å². The standard InChI is InChI=1S/C16H22Cl2N6O2.C2H6/c1-10-9-21-16(18)22-14(10)20-5-2-6-26-15-12(19)13(17)24(23-15)11-3-7-25-8-4-11;1-2/h9,11H,2-8,19H2,1H3,(H,20,21,22);1-2H3. The van der Waals surface area contributed by atoms with E-state index < -0.39 is 0 Å². The number of nitrogens with two attached hydrogens (primary N) is 1. The molecule has 0 bridgehead atoms. The minimum atomic E-state index is 0.197. The summed E-state index contributed by atoms with van der Waals surface area (Å²) in [6.07, 6.45) is 4.15. The molecule has 10 heteroatoms. The highest BCUT2D eigenvalue weighted by molar-refractivity contribution is 6.32. The number of anilines is 2. The molecule has 8 nitrogen and oxygen atoms in total. The molecule has 0 aliphatic carbocycles. The number of hydrogen-bond acceptors (Lipinski definition) is 7. The molecule has 0 unspecified atom stereocenters. The third-order valence-electron chi connectivity index (χ3n) is 4.18. The second-order valence-electron chi connectivity index (χ2n) is 6.10. The molecule has 1 aliphatic rings. The summed E-state index contributed by atoms with van der Waals surface area (Å²) in [5.41, 5.74) is 7.34. The molecule has 3 N–H and O–H groups in total. The largest absolute Gasteiger partial charge is 0.475 e. The smallest absolute Gasteiger partial charge is 0.257 e. The van der Waals surface area contributed by atoms with Crippen molar-refractivity contribution < 1.29 is 9.47 Å². The van der Waals surface area contributed by atoms with E-state index in [1.165, 1.54) is 0 Å². The lowest BCUT2D eigenvalue weighted by Gasteiger charge is -2.22. The second kappa shape index (κ2) is 11.3. The lowest BCUT2D eigenvalue weighted by Crippen LogP contribution is -2.20. The summed E-state index contributed by atoms with van der Waals surface area (Å²) in [6, 6.07) is 0.197. The Morgan fingerprint density at radius 2 is 2.04 bits per heavy atom. The quantitative estimate of drug-likeness (QED) is 0.502. The van der Waals surface area contributed by atoms with E-state index >= 15 is 0 Å². The predicted octanol–water partition coefficient (Wildman–Crippen LogP) is 4.13. The third-order valence-corrected chi connectivity index (χ3v) is 4.74. The van der Waals surface area contributed by atoms with Crippen LogP contribution >= 0.6 is 23.2 Å². The van der Waals surface area contributed by atoms with Gasteiger partial charge in [0.15, 0.2) is 5.15 Å². The highest BCUT2D eigenvalue weighted by atomic mass is 35.5. The minimum absolute atomic E-state index is 0.197. The Morgan fingerprint density at radius 3 is 2.75 bits per heavy atom. The van der Waals surface area contributed by atoms with E-state index in [0.29, 0.717) is 43.1 Å². The number of rotatable bonds is 7. The van der Waals surface area contributed by atoms with Crippen LogP contribution in [0.15, 0.2) is 6.20 Å². The van der Waals surface area contributed by atoms with Crippen LogP contribution in [0.3, 0.4) is 0 Å². The first-order valence-electron chi connectivity index (χ1n) is 9.53. The highest BCUT2D eigenvalue weighted by Gasteiger charge is 2.23. The molecule has 28 heavy (non-hydrogen) atoms. The molecule has 0 saturated carbocycles. The zero-order valence-electron chi connectivity index (χ0n) is 16.5. The van der Waals surface area contributed by atoms with Crippen LogP contribution in [0.1, 0.15) is 44.7 Å². The van der Waals surface area contributed by atoms with Gasteiger partial charge in [0.05, 0.1) is 12.6 Å². The van der Waals surface area contributed by atoms with E-state index in [-0.39, 0.29) is 11.3 Å². The van der Waals surface area contributed by atoms with Gasteiger partial charge in [0.2, 0.25) is 5.28 Å². The number of aryl methyl sites for hydroxylation is 1. The fourth-order valence-corrected chi connectivity index (χ4v) is 3.12. The fraction of sp³-hybridized carbons (Fsp3) is 0.611. The molecule has 0 amide bonds. The SMILES string of the molecule is CC.Cc1cnc(Cl)nc1NCCCOc1nn(C2CCOCC2)c(Cl)c1N. The van der Waals surface area contributed by atoms with Crippen LogP contribution in [-0.2, 0) is 4.74 Å². The van der Waals surface area contributed by atoms with Crippen molar-refractivity contribution in [3.63, 3.8) is 0 Å². The van der Waals surface area contributed by atoms with Gasteiger partial charge in [0.25, 0.3) is 5.88 Å². The van der Waals surface area contributed by atoms with Gasteiger partial charge < -0.3 is 20.5 Å². The van der Waals surface area contributed by atoms with Crippen LogP contribution in [0, 0.1) is 6.92 Å². The summed E-state index contributed by atoms with van der Waals surface area (Å²) in [7, 11) is 0. The van der Waals surface area contributed by atoms with Gasteiger partial charge in [0, 0.05) is 31.5 Å². The van der Waals surface area contributed by atoms with Crippen molar-refractivity contribution in [1.29, 1.82) is 0 Å². The summed E-state index contributed by atoms with van der Waals surface area (Å²) in [5.74, 6) is 1.10. The number of hydrogen-bond donors (Lipinski definition) is 2. The third kappa shape index (κ3) is 5.86. The van der Waals surface area contributed by atoms with Crippen LogP contribution in [0.25, 0.3) is 0 Å². The zero-order valence-corrected chi connectivity index (χ0v) is 18.1. The maximum Gasteiger partial charge on any atom is 0.257 e. The first-order chi connectivity index (χ1) is 13.6. The van der Waals surface area contributed by atoms with Gasteiger partial charge in [-0.15, -0.1) is 5.10 Å². The van der Waals surface area contributed by atoms with Crippen molar-refractivity contribution in [2.75, 3.05) is 37.4 Å². The lowest BCUT2D eigenvalue weighted by atomic mass is 10.1. The molecular formula is C18H28Cl2N6O2. The molecule has 1 fully saturated rings. The number of nitrogens with one attached hydrogen (secondary N) is 1. The van der Waals surface area contributed by atoms with Crippen LogP contribution < -0.4 is 15.8 Å². The Balaban J connectivity index is 0.00000136. The number of nitrogens with zero attached hydrogens (tertiary/aromatic N) is 4. The topological polar surface area (TPSA) is 100 Å². The summed E-state index contributed by atoms with van der Waals surface area (Å²) >= 11 is 12.1. The molecule has 0 aromatic carbocycles. The number of aromatic nitrogens is 4. The van der Waals surface area contributed by atoms with Crippen LogP contribution in [0.5, 0.6) is 5.88 Å². The fourth-order valence-electron chi connectivity index (χ4n) is 2.73. The number of halogens is 2. The van der Waals surface area contributed by atoms with Gasteiger partial charge in [-0.25, -0.2) is 14.6 Å². The van der Waals surface area contributed by atoms with Crippen molar-refractivity contribution in [2.24, 2.45) is 0 Å². The molecule has 156 valence electrons. The first-order valence-corrected chi connectivity index (χ1v) is 10.3. The summed E-state index contributed by atoms with van der Waals surface area (Å²) < 4.78 is 12.8. The zero-order chi connectivity index (χ0) is 20.5. The van der Waals surface area contributed by atoms with Gasteiger partial charge >= 0.3 is 0 Å². The van der Waals surface area contributed by atoms with Crippen molar-refractivity contribution in [2.45, 2.75) is 46.1 Å². The van der Waals surface area contributed by atoms with Gasteiger partial charge in [-0.1, -0.05) is 25.4 Å². The molecule has 1 aliphatic heterocycles. The highest BCUT2D eigenvalue weighted by Crippen LogP contribution is 2.34. The monoisotopic (exact) mass is 430 g/mol. The van der Waals surface area contributed by atoms with Crippen LogP contribution in [-0.4, -0.2) is 46.1 Å². The normalized spacial score (nSPS) is 14.3. The van der Waals surface area contributed by atoms with E-state index in [4.69, 9.17) is 38.4 Å². The van der Waals surface area contributed by atoms with E-state index in [2.05, 4.69) is 20.4 Å². The molecule has 1 saturated heterocycles. The van der Waals surface area contributed by atoms with E-state index in [0.717, 1.165) is 30.6 Å². The molecule has 3 rings (SSSR count). The molecule has 0 spiro atoms. The van der Waals surface area contributed by atoms with Gasteiger partial charge in [0.1, 0.15) is 11.5 Å². The van der Waals surface area contributed by atoms with Crippen molar-refractivity contribution in [1.82, 2.24) is 19.7 Å². The Labute approximate surface area is 175 Å². The molecule has 0 radical (unpaired) electrons. The maximum absolute atomic E-state index is 6.32. The Morgan fingerprint density at radius 1 is 1.32 bits per heavy atom. The molecule has 2 aromatic rings. The average Bonchev–Trinajstić information content (AvgIpc) is 3.01. The number of ether oxygens (including phenoxy) is 2. The Hall–Kier alpha value is -1.77. The van der Waals surface area contributed by atoms with Crippen molar-refractivity contribution in [3.05, 3.63) is 22.2 Å². The van der Waals surface area contributed by atoms with Gasteiger partial charge in [-0.05, 0) is 37.8 Å². The van der Waals surface area contributed by atoms with Gasteiger partial charge in [-0.3, -0.25) is 0 Å². The Kier molecular flexibility index (Phi) is 9.08. The maximum atomic E-state index is 6.32. The molecule has 2 aromatic heterocycles. The Bertz CT molecular complexity index is 750.